The minimum absolute atomic E-state index is 0.0277. The van der Waals surface area contributed by atoms with Gasteiger partial charge in [0.05, 0.1) is 17.1 Å². The van der Waals surface area contributed by atoms with Gasteiger partial charge in [-0.05, 0) is 36.6 Å². The van der Waals surface area contributed by atoms with Gasteiger partial charge in [-0.15, -0.1) is 0 Å². The van der Waals surface area contributed by atoms with Crippen LogP contribution < -0.4 is 27.0 Å². The van der Waals surface area contributed by atoms with Gasteiger partial charge in [-0.1, -0.05) is 12.1 Å². The standard InChI is InChI=1S/C19H19N9O4S/c20-33(31,32)13-5-1-10(2-6-13)8-21-17-25-15-11(7-14-16(29)26-19(30)24-14)9-22-28(15)18(27-17)23-12-3-4-12/h1-2,5-7,9,12,29H,3-4,8H2,(H2,20,31,32)(H,21,23,27)(H2,24,26,30)/b11-7-. The van der Waals surface area contributed by atoms with Crippen molar-refractivity contribution in [3.05, 3.63) is 63.0 Å². The number of benzene rings is 1. The number of hydrogen-bond donors (Lipinski definition) is 5. The summed E-state index contributed by atoms with van der Waals surface area (Å²) in [6.45, 7) is 0.322. The second-order valence-corrected chi connectivity index (χ2v) is 9.13. The molecule has 5 rings (SSSR count). The molecular formula is C19H19N9O4S. The van der Waals surface area contributed by atoms with E-state index in [0.29, 0.717) is 29.0 Å². The van der Waals surface area contributed by atoms with E-state index in [4.69, 9.17) is 5.14 Å². The molecule has 33 heavy (non-hydrogen) atoms. The fourth-order valence-electron chi connectivity index (χ4n) is 3.14. The Bertz CT molecular complexity index is 1630. The first-order valence-electron chi connectivity index (χ1n) is 9.94. The lowest BCUT2D eigenvalue weighted by atomic mass is 10.2. The SMILES string of the molecule is NS(=O)(=O)c1ccc(CNc2nc(=NC3CC3)n3nc/c(=C/c4[nH]c(=O)[nH]c4O)c3n2)cc1. The number of aromatic hydroxyl groups is 1. The molecule has 1 aliphatic carbocycles. The molecule has 6 N–H and O–H groups in total. The predicted octanol–water partition coefficient (Wildman–Crippen LogP) is -1.28. The number of sulfonamides is 1. The lowest BCUT2D eigenvalue weighted by Crippen LogP contribution is -2.24. The number of rotatable bonds is 6. The zero-order valence-corrected chi connectivity index (χ0v) is 17.9. The van der Waals surface area contributed by atoms with E-state index in [1.54, 1.807) is 18.2 Å². The summed E-state index contributed by atoms with van der Waals surface area (Å²) in [6.07, 6.45) is 5.03. The summed E-state index contributed by atoms with van der Waals surface area (Å²) in [5.74, 6) is -0.00283. The van der Waals surface area contributed by atoms with E-state index in [1.165, 1.54) is 22.8 Å². The van der Waals surface area contributed by atoms with Crippen molar-refractivity contribution < 1.29 is 13.5 Å². The van der Waals surface area contributed by atoms with Gasteiger partial charge in [-0.25, -0.2) is 23.3 Å². The normalized spacial score (nSPS) is 15.4. The highest BCUT2D eigenvalue weighted by Crippen LogP contribution is 2.22. The van der Waals surface area contributed by atoms with Crippen LogP contribution in [0.5, 0.6) is 5.88 Å². The molecule has 4 aromatic rings. The van der Waals surface area contributed by atoms with Crippen LogP contribution >= 0.6 is 0 Å². The van der Waals surface area contributed by atoms with Gasteiger partial charge >= 0.3 is 5.69 Å². The summed E-state index contributed by atoms with van der Waals surface area (Å²) in [6, 6.07) is 6.33. The van der Waals surface area contributed by atoms with Gasteiger partial charge in [-0.2, -0.15) is 19.6 Å². The van der Waals surface area contributed by atoms with Crippen molar-refractivity contribution in [2.24, 2.45) is 10.1 Å². The zero-order chi connectivity index (χ0) is 23.2. The van der Waals surface area contributed by atoms with Gasteiger partial charge in [0, 0.05) is 11.8 Å². The number of nitrogens with zero attached hydrogens (tertiary/aromatic N) is 5. The first-order valence-corrected chi connectivity index (χ1v) is 11.5. The molecule has 3 aromatic heterocycles. The lowest BCUT2D eigenvalue weighted by Gasteiger charge is -2.06. The van der Waals surface area contributed by atoms with Crippen molar-refractivity contribution in [2.45, 2.75) is 30.3 Å². The molecule has 1 aromatic carbocycles. The maximum Gasteiger partial charge on any atom is 0.326 e. The fraction of sp³-hybridized carbons (Fsp3) is 0.211. The lowest BCUT2D eigenvalue weighted by molar-refractivity contribution is 0.454. The maximum atomic E-state index is 11.4. The van der Waals surface area contributed by atoms with Crippen LogP contribution in [0.1, 0.15) is 24.1 Å². The van der Waals surface area contributed by atoms with Gasteiger partial charge in [0.2, 0.25) is 21.9 Å². The summed E-state index contributed by atoms with van der Waals surface area (Å²) < 4.78 is 24.3. The van der Waals surface area contributed by atoms with Crippen molar-refractivity contribution in [3.8, 4) is 5.88 Å². The molecule has 0 amide bonds. The van der Waals surface area contributed by atoms with Crippen molar-refractivity contribution >= 4 is 27.7 Å². The van der Waals surface area contributed by atoms with Crippen LogP contribution in [0.15, 0.2) is 45.1 Å². The van der Waals surface area contributed by atoms with Crippen LogP contribution in [-0.2, 0) is 16.6 Å². The average molecular weight is 469 g/mol. The molecule has 1 fully saturated rings. The molecule has 1 aliphatic rings. The van der Waals surface area contributed by atoms with Crippen LogP contribution in [0.4, 0.5) is 5.95 Å². The molecule has 0 radical (unpaired) electrons. The van der Waals surface area contributed by atoms with Crippen LogP contribution in [0.25, 0.3) is 11.7 Å². The number of nitrogens with two attached hydrogens (primary N) is 1. The monoisotopic (exact) mass is 469 g/mol. The summed E-state index contributed by atoms with van der Waals surface area (Å²) in [5, 5.41) is 23.0. The molecule has 0 aliphatic heterocycles. The Labute approximate surface area is 185 Å². The minimum atomic E-state index is -3.76. The number of fused-ring (bicyclic) bond motifs is 1. The first-order chi connectivity index (χ1) is 15.8. The molecule has 3 heterocycles. The second kappa shape index (κ2) is 7.83. The quantitative estimate of drug-likeness (QED) is 0.230. The number of imidazole rings is 1. The number of aromatic amines is 2. The number of primary sulfonamides is 1. The van der Waals surface area contributed by atoms with Gasteiger partial charge in [0.25, 0.3) is 5.62 Å². The van der Waals surface area contributed by atoms with E-state index in [1.807, 2.05) is 0 Å². The van der Waals surface area contributed by atoms with Crippen molar-refractivity contribution in [3.63, 3.8) is 0 Å². The van der Waals surface area contributed by atoms with E-state index >= 15 is 0 Å². The molecular weight excluding hydrogens is 450 g/mol. The molecule has 13 nitrogen and oxygen atoms in total. The second-order valence-electron chi connectivity index (χ2n) is 7.57. The smallest absolute Gasteiger partial charge is 0.326 e. The molecule has 1 saturated carbocycles. The van der Waals surface area contributed by atoms with Gasteiger partial charge in [0.1, 0.15) is 5.69 Å². The van der Waals surface area contributed by atoms with E-state index in [2.05, 4.69) is 35.3 Å². The highest BCUT2D eigenvalue weighted by molar-refractivity contribution is 7.89. The molecule has 0 spiro atoms. The van der Waals surface area contributed by atoms with Gasteiger partial charge in [0.15, 0.2) is 5.65 Å². The Hall–Kier alpha value is -4.04. The van der Waals surface area contributed by atoms with Gasteiger partial charge in [-0.3, -0.25) is 4.98 Å². The minimum Gasteiger partial charge on any atom is -0.493 e. The Morgan fingerprint density at radius 3 is 2.64 bits per heavy atom. The number of H-pyrrole nitrogens is 2. The maximum absolute atomic E-state index is 11.4. The van der Waals surface area contributed by atoms with Crippen molar-refractivity contribution in [1.82, 2.24) is 29.5 Å². The van der Waals surface area contributed by atoms with Crippen molar-refractivity contribution in [1.29, 1.82) is 0 Å². The number of hydrogen-bond acceptors (Lipinski definition) is 9. The highest BCUT2D eigenvalue weighted by atomic mass is 32.2. The molecule has 0 unspecified atom stereocenters. The van der Waals surface area contributed by atoms with E-state index in [-0.39, 0.29) is 22.5 Å². The average Bonchev–Trinajstić information content (AvgIpc) is 3.40. The number of anilines is 1. The van der Waals surface area contributed by atoms with Gasteiger partial charge < -0.3 is 15.4 Å². The summed E-state index contributed by atoms with van der Waals surface area (Å²) in [7, 11) is -3.76. The molecule has 0 atom stereocenters. The summed E-state index contributed by atoms with van der Waals surface area (Å²) in [5.41, 5.74) is 1.25. The third kappa shape index (κ3) is 4.47. The van der Waals surface area contributed by atoms with Crippen molar-refractivity contribution in [2.75, 3.05) is 5.32 Å². The summed E-state index contributed by atoms with van der Waals surface area (Å²) >= 11 is 0. The Morgan fingerprint density at radius 1 is 1.24 bits per heavy atom. The first kappa shape index (κ1) is 20.8. The van der Waals surface area contributed by atoms with Crippen LogP contribution in [0.3, 0.4) is 0 Å². The highest BCUT2D eigenvalue weighted by Gasteiger charge is 2.21. The van der Waals surface area contributed by atoms with E-state index in [9.17, 15) is 18.3 Å². The van der Waals surface area contributed by atoms with Crippen LogP contribution in [-0.4, -0.2) is 49.1 Å². The molecule has 170 valence electrons. The van der Waals surface area contributed by atoms with E-state index in [0.717, 1.165) is 18.4 Å². The fourth-order valence-corrected chi connectivity index (χ4v) is 3.65. The third-order valence-electron chi connectivity index (χ3n) is 4.96. The Balaban J connectivity index is 1.52. The number of aromatic nitrogens is 6. The Kier molecular flexibility index (Phi) is 4.94. The predicted molar refractivity (Wildman–Crippen MR) is 116 cm³/mol. The number of nitrogens with one attached hydrogen (secondary N) is 3. The Morgan fingerprint density at radius 2 is 2.00 bits per heavy atom. The molecule has 14 heteroatoms. The van der Waals surface area contributed by atoms with Crippen LogP contribution in [0, 0.1) is 0 Å². The van der Waals surface area contributed by atoms with E-state index < -0.39 is 15.7 Å². The largest absolute Gasteiger partial charge is 0.493 e. The zero-order valence-electron chi connectivity index (χ0n) is 17.1. The molecule has 0 saturated heterocycles. The third-order valence-corrected chi connectivity index (χ3v) is 5.89. The topological polar surface area (TPSA) is 197 Å². The van der Waals surface area contributed by atoms with Crippen LogP contribution in [0.2, 0.25) is 0 Å². The molecule has 0 bridgehead atoms. The summed E-state index contributed by atoms with van der Waals surface area (Å²) in [4.78, 5) is 29.8.